The second-order valence-electron chi connectivity index (χ2n) is 5.12. The van der Waals surface area contributed by atoms with Gasteiger partial charge in [-0.2, -0.15) is 5.26 Å². The minimum Gasteiger partial charge on any atom is -0.496 e. The average molecular weight is 359 g/mol. The normalized spacial score (nSPS) is 9.84. The van der Waals surface area contributed by atoms with Crippen molar-refractivity contribution >= 4 is 29.2 Å². The number of methoxy groups -OCH3 is 1. The summed E-state index contributed by atoms with van der Waals surface area (Å²) in [7, 11) is 1.51. The number of anilines is 1. The van der Waals surface area contributed by atoms with Crippen LogP contribution < -0.4 is 10.1 Å². The number of halogens is 1. The highest BCUT2D eigenvalue weighted by atomic mass is 35.5. The Morgan fingerprint density at radius 1 is 1.24 bits per heavy atom. The van der Waals surface area contributed by atoms with E-state index in [9.17, 15) is 9.59 Å². The smallest absolute Gasteiger partial charge is 0.338 e. The van der Waals surface area contributed by atoms with Crippen LogP contribution in [-0.4, -0.2) is 25.6 Å². The van der Waals surface area contributed by atoms with E-state index in [-0.39, 0.29) is 10.6 Å². The van der Waals surface area contributed by atoms with Crippen molar-refractivity contribution in [3.05, 3.63) is 58.1 Å². The average Bonchev–Trinajstić information content (AvgIpc) is 2.60. The molecule has 1 N–H and O–H groups in total. The summed E-state index contributed by atoms with van der Waals surface area (Å²) in [6, 6.07) is 11.3. The first-order valence-electron chi connectivity index (χ1n) is 7.26. The van der Waals surface area contributed by atoms with E-state index in [2.05, 4.69) is 5.32 Å². The van der Waals surface area contributed by atoms with Crippen LogP contribution in [0.3, 0.4) is 0 Å². The van der Waals surface area contributed by atoms with Gasteiger partial charge < -0.3 is 14.8 Å². The topological polar surface area (TPSA) is 88.4 Å². The molecule has 0 aliphatic carbocycles. The van der Waals surface area contributed by atoms with Crippen LogP contribution in [-0.2, 0) is 9.53 Å². The minimum atomic E-state index is -0.633. The summed E-state index contributed by atoms with van der Waals surface area (Å²) in [4.78, 5) is 23.9. The lowest BCUT2D eigenvalue weighted by molar-refractivity contribution is -0.119. The molecule has 0 fully saturated rings. The lowest BCUT2D eigenvalue weighted by Crippen LogP contribution is -2.21. The van der Waals surface area contributed by atoms with Gasteiger partial charge in [-0.3, -0.25) is 4.79 Å². The number of aryl methyl sites for hydroxylation is 1. The highest BCUT2D eigenvalue weighted by Gasteiger charge is 2.13. The molecule has 0 saturated carbocycles. The second-order valence-corrected chi connectivity index (χ2v) is 5.52. The Morgan fingerprint density at radius 3 is 2.64 bits per heavy atom. The van der Waals surface area contributed by atoms with Crippen LogP contribution in [0.2, 0.25) is 5.02 Å². The van der Waals surface area contributed by atoms with Gasteiger partial charge in [0.2, 0.25) is 0 Å². The Labute approximate surface area is 149 Å². The molecule has 0 spiro atoms. The molecule has 0 saturated heterocycles. The third-order valence-electron chi connectivity index (χ3n) is 3.35. The molecule has 0 bridgehead atoms. The van der Waals surface area contributed by atoms with Crippen LogP contribution in [0.25, 0.3) is 0 Å². The van der Waals surface area contributed by atoms with Crippen molar-refractivity contribution in [1.82, 2.24) is 0 Å². The van der Waals surface area contributed by atoms with Crippen LogP contribution in [0, 0.1) is 18.3 Å². The van der Waals surface area contributed by atoms with Crippen LogP contribution in [0.5, 0.6) is 5.75 Å². The lowest BCUT2D eigenvalue weighted by atomic mass is 10.1. The molecule has 0 aromatic heterocycles. The third-order valence-corrected chi connectivity index (χ3v) is 3.66. The number of amides is 1. The fraction of sp³-hybridized carbons (Fsp3) is 0.167. The van der Waals surface area contributed by atoms with E-state index in [0.29, 0.717) is 17.0 Å². The molecule has 0 heterocycles. The van der Waals surface area contributed by atoms with Crippen molar-refractivity contribution in [2.45, 2.75) is 6.92 Å². The number of hydrogen-bond acceptors (Lipinski definition) is 5. The van der Waals surface area contributed by atoms with E-state index in [1.807, 2.05) is 13.0 Å². The predicted molar refractivity (Wildman–Crippen MR) is 92.8 cm³/mol. The minimum absolute atomic E-state index is 0.226. The zero-order chi connectivity index (χ0) is 18.4. The zero-order valence-corrected chi connectivity index (χ0v) is 14.4. The number of carbonyl (C=O) groups is 2. The quantitative estimate of drug-likeness (QED) is 0.828. The molecule has 0 aliphatic rings. The van der Waals surface area contributed by atoms with E-state index in [4.69, 9.17) is 26.3 Å². The molecule has 0 radical (unpaired) electrons. The van der Waals surface area contributed by atoms with Gasteiger partial charge in [0, 0.05) is 5.69 Å². The Balaban J connectivity index is 1.94. The number of ether oxygens (including phenoxy) is 2. The Hall–Kier alpha value is -3.04. The molecule has 0 aliphatic heterocycles. The lowest BCUT2D eigenvalue weighted by Gasteiger charge is -2.09. The summed E-state index contributed by atoms with van der Waals surface area (Å²) >= 11 is 5.89. The van der Waals surface area contributed by atoms with Gasteiger partial charge in [-0.1, -0.05) is 17.7 Å². The summed E-state index contributed by atoms with van der Waals surface area (Å²) in [5.74, 6) is -0.592. The first-order valence-corrected chi connectivity index (χ1v) is 7.63. The zero-order valence-electron chi connectivity index (χ0n) is 13.6. The van der Waals surface area contributed by atoms with Crippen LogP contribution in [0.15, 0.2) is 36.4 Å². The van der Waals surface area contributed by atoms with Gasteiger partial charge in [-0.15, -0.1) is 0 Å². The summed E-state index contributed by atoms with van der Waals surface area (Å²) < 4.78 is 10.1. The number of rotatable bonds is 5. The highest BCUT2D eigenvalue weighted by Crippen LogP contribution is 2.21. The number of carbonyl (C=O) groups excluding carboxylic acids is 2. The fourth-order valence-corrected chi connectivity index (χ4v) is 2.26. The number of hydrogen-bond donors (Lipinski definition) is 1. The molecule has 1 amide bonds. The Kier molecular flexibility index (Phi) is 5.98. The summed E-state index contributed by atoms with van der Waals surface area (Å²) in [5, 5.41) is 11.6. The van der Waals surface area contributed by atoms with Gasteiger partial charge in [-0.05, 0) is 42.8 Å². The summed E-state index contributed by atoms with van der Waals surface area (Å²) in [5.41, 5.74) is 1.88. The molecule has 6 nitrogen and oxygen atoms in total. The van der Waals surface area contributed by atoms with Crippen molar-refractivity contribution in [1.29, 1.82) is 5.26 Å². The largest absolute Gasteiger partial charge is 0.496 e. The molecular weight excluding hydrogens is 344 g/mol. The van der Waals surface area contributed by atoms with Gasteiger partial charge in [-0.25, -0.2) is 4.79 Å². The van der Waals surface area contributed by atoms with Gasteiger partial charge in [0.05, 0.1) is 23.3 Å². The van der Waals surface area contributed by atoms with Gasteiger partial charge in [0.25, 0.3) is 5.91 Å². The molecule has 7 heteroatoms. The molecule has 2 rings (SSSR count). The van der Waals surface area contributed by atoms with Crippen LogP contribution in [0.1, 0.15) is 21.5 Å². The Bertz CT molecular complexity index is 859. The number of nitriles is 1. The van der Waals surface area contributed by atoms with E-state index in [0.717, 1.165) is 5.56 Å². The molecule has 2 aromatic rings. The summed E-state index contributed by atoms with van der Waals surface area (Å²) in [6.07, 6.45) is 0. The fourth-order valence-electron chi connectivity index (χ4n) is 2.04. The molecular formula is C18H15ClN2O4. The van der Waals surface area contributed by atoms with E-state index < -0.39 is 18.5 Å². The molecule has 25 heavy (non-hydrogen) atoms. The maximum Gasteiger partial charge on any atom is 0.338 e. The highest BCUT2D eigenvalue weighted by molar-refractivity contribution is 6.32. The van der Waals surface area contributed by atoms with E-state index in [1.54, 1.807) is 18.2 Å². The molecule has 2 aromatic carbocycles. The molecule has 0 unspecified atom stereocenters. The van der Waals surface area contributed by atoms with E-state index in [1.165, 1.54) is 25.3 Å². The SMILES string of the molecule is COc1cc(C(=O)OCC(=O)Nc2ccc(C#N)c(Cl)c2)ccc1C. The predicted octanol–water partition coefficient (Wildman–Crippen LogP) is 3.32. The number of nitrogens with one attached hydrogen (secondary N) is 1. The maximum atomic E-state index is 12.0. The van der Waals surface area contributed by atoms with Gasteiger partial charge in [0.1, 0.15) is 11.8 Å². The maximum absolute atomic E-state index is 12.0. The van der Waals surface area contributed by atoms with Crippen LogP contribution >= 0.6 is 11.6 Å². The van der Waals surface area contributed by atoms with Gasteiger partial charge >= 0.3 is 5.97 Å². The number of benzene rings is 2. The van der Waals surface area contributed by atoms with Crippen LogP contribution in [0.4, 0.5) is 5.69 Å². The van der Waals surface area contributed by atoms with Crippen molar-refractivity contribution in [2.24, 2.45) is 0 Å². The molecule has 0 atom stereocenters. The third kappa shape index (κ3) is 4.72. The number of esters is 1. The first kappa shape index (κ1) is 18.3. The van der Waals surface area contributed by atoms with Crippen molar-refractivity contribution in [3.63, 3.8) is 0 Å². The van der Waals surface area contributed by atoms with Crippen molar-refractivity contribution in [3.8, 4) is 11.8 Å². The number of nitrogens with zero attached hydrogens (tertiary/aromatic N) is 1. The molecule has 128 valence electrons. The first-order chi connectivity index (χ1) is 11.9. The van der Waals surface area contributed by atoms with Crippen molar-refractivity contribution < 1.29 is 19.1 Å². The monoisotopic (exact) mass is 358 g/mol. The standard InChI is InChI=1S/C18H15ClN2O4/c1-11-3-4-12(7-16(11)24-2)18(23)25-10-17(22)21-14-6-5-13(9-20)15(19)8-14/h3-8H,10H2,1-2H3,(H,21,22). The Morgan fingerprint density at radius 2 is 2.00 bits per heavy atom. The van der Waals surface area contributed by atoms with Gasteiger partial charge in [0.15, 0.2) is 6.61 Å². The van der Waals surface area contributed by atoms with E-state index >= 15 is 0 Å². The second kappa shape index (κ2) is 8.18. The summed E-state index contributed by atoms with van der Waals surface area (Å²) in [6.45, 7) is 1.40. The van der Waals surface area contributed by atoms with Crippen molar-refractivity contribution in [2.75, 3.05) is 19.0 Å².